The minimum Gasteiger partial charge on any atom is -0.364 e. The lowest BCUT2D eigenvalue weighted by molar-refractivity contribution is -0.871. The number of nitrogens with zero attached hydrogens (tertiary/aromatic N) is 2. The van der Waals surface area contributed by atoms with Crippen molar-refractivity contribution in [3.05, 3.63) is 70.5 Å². The first kappa shape index (κ1) is 26.8. The van der Waals surface area contributed by atoms with Gasteiger partial charge in [-0.3, -0.25) is 4.79 Å². The summed E-state index contributed by atoms with van der Waals surface area (Å²) in [5.74, 6) is -0.939. The second-order valence-electron chi connectivity index (χ2n) is 9.93. The fourth-order valence-electron chi connectivity index (χ4n) is 5.55. The molecule has 0 aromatic heterocycles. The van der Waals surface area contributed by atoms with Crippen molar-refractivity contribution in [2.45, 2.75) is 70.4 Å². The number of halogens is 2. The molecule has 2 aromatic carbocycles. The topological polar surface area (TPSA) is 83.9 Å². The molecule has 2 amide bonds. The van der Waals surface area contributed by atoms with Gasteiger partial charge in [-0.25, -0.2) is 13.7 Å². The molecule has 2 aromatic rings. The van der Waals surface area contributed by atoms with Crippen LogP contribution in [0.5, 0.6) is 0 Å². The fraction of sp³-hybridized carbons (Fsp3) is 0.464. The summed E-state index contributed by atoms with van der Waals surface area (Å²) in [5, 5.41) is 10.1. The summed E-state index contributed by atoms with van der Waals surface area (Å²) in [7, 11) is 0. The summed E-state index contributed by atoms with van der Waals surface area (Å²) < 4.78 is 13.6. The molecule has 186 valence electrons. The molecule has 0 radical (unpaired) electrons. The Balaban J connectivity index is 1.75. The number of benzene rings is 2. The van der Waals surface area contributed by atoms with E-state index >= 15 is 0 Å². The van der Waals surface area contributed by atoms with Crippen molar-refractivity contribution in [2.24, 2.45) is 11.7 Å². The molecule has 1 heterocycles. The highest BCUT2D eigenvalue weighted by Crippen LogP contribution is 2.38. The van der Waals surface area contributed by atoms with Gasteiger partial charge in [-0.1, -0.05) is 68.3 Å². The van der Waals surface area contributed by atoms with Crippen LogP contribution in [0, 0.1) is 23.1 Å². The number of carbonyl (C=O) groups excluding carboxylic acids is 2. The summed E-state index contributed by atoms with van der Waals surface area (Å²) in [6.45, 7) is 4.87. The third-order valence-electron chi connectivity index (χ3n) is 7.59. The molecular weight excluding hydrogens is 465 g/mol. The molecule has 0 saturated carbocycles. The van der Waals surface area contributed by atoms with Gasteiger partial charge < -0.3 is 5.73 Å². The summed E-state index contributed by atoms with van der Waals surface area (Å²) in [5.41, 5.74) is 6.79. The normalized spacial score (nSPS) is 21.4. The maximum absolute atomic E-state index is 13.7. The first-order valence-corrected chi connectivity index (χ1v) is 12.6. The lowest BCUT2D eigenvalue weighted by atomic mass is 9.69. The second kappa shape index (κ2) is 11.3. The van der Waals surface area contributed by atoms with Crippen molar-refractivity contribution in [3.8, 4) is 6.07 Å². The Morgan fingerprint density at radius 2 is 1.94 bits per heavy atom. The standard InChI is InChI=1S/C28H33ClFN3O2/c1-20(2)28(19-31,22-9-4-3-5-10-22)15-7-6-12-26(34)33(16-8-11-25(33)27(32)35)18-21-13-14-24(30)23(29)17-21/h3-5,9-10,13-14,17,20,25H,6-8,11-12,15-16,18H2,1-2H3,(H-,32,35)/p+1/t25?,28-,33+/m0/s1. The maximum Gasteiger partial charge on any atom is 0.314 e. The van der Waals surface area contributed by atoms with Crippen molar-refractivity contribution in [2.75, 3.05) is 6.54 Å². The van der Waals surface area contributed by atoms with Crippen molar-refractivity contribution in [1.82, 2.24) is 0 Å². The Bertz CT molecular complexity index is 1100. The van der Waals surface area contributed by atoms with E-state index < -0.39 is 23.2 Å². The van der Waals surface area contributed by atoms with E-state index in [0.717, 1.165) is 5.56 Å². The molecule has 35 heavy (non-hydrogen) atoms. The van der Waals surface area contributed by atoms with Gasteiger partial charge in [0.2, 0.25) is 0 Å². The number of hydrogen-bond acceptors (Lipinski definition) is 3. The molecule has 3 rings (SSSR count). The van der Waals surface area contributed by atoms with E-state index in [0.29, 0.717) is 44.2 Å². The SMILES string of the molecule is CC(C)[C@@](C#N)(CCCCC(=O)[N@@+]1(Cc2ccc(F)c(Cl)c2)CCCC1C(N)=O)c1ccccc1. The first-order valence-electron chi connectivity index (χ1n) is 12.3. The lowest BCUT2D eigenvalue weighted by Gasteiger charge is -2.36. The molecule has 0 bridgehead atoms. The van der Waals surface area contributed by atoms with Crippen LogP contribution >= 0.6 is 11.6 Å². The molecule has 1 fully saturated rings. The van der Waals surface area contributed by atoms with Gasteiger partial charge >= 0.3 is 5.91 Å². The van der Waals surface area contributed by atoms with E-state index in [1.807, 2.05) is 30.3 Å². The summed E-state index contributed by atoms with van der Waals surface area (Å²) in [4.78, 5) is 25.9. The van der Waals surface area contributed by atoms with Crippen LogP contribution in [0.1, 0.15) is 63.5 Å². The monoisotopic (exact) mass is 498 g/mol. The first-order chi connectivity index (χ1) is 16.7. The molecule has 5 nitrogen and oxygen atoms in total. The molecule has 7 heteroatoms. The molecule has 1 aliphatic heterocycles. The zero-order valence-corrected chi connectivity index (χ0v) is 21.2. The van der Waals surface area contributed by atoms with Crippen LogP contribution in [0.25, 0.3) is 0 Å². The predicted octanol–water partition coefficient (Wildman–Crippen LogP) is 5.65. The van der Waals surface area contributed by atoms with Crippen LogP contribution in [0.2, 0.25) is 5.02 Å². The van der Waals surface area contributed by atoms with Crippen molar-refractivity contribution >= 4 is 23.4 Å². The van der Waals surface area contributed by atoms with Crippen LogP contribution in [-0.4, -0.2) is 28.9 Å². The number of primary amides is 1. The third-order valence-corrected chi connectivity index (χ3v) is 7.88. The van der Waals surface area contributed by atoms with E-state index in [2.05, 4.69) is 19.9 Å². The van der Waals surface area contributed by atoms with Gasteiger partial charge in [0, 0.05) is 18.4 Å². The average Bonchev–Trinajstić information content (AvgIpc) is 3.27. The van der Waals surface area contributed by atoms with Gasteiger partial charge in [-0.15, -0.1) is 0 Å². The van der Waals surface area contributed by atoms with Crippen LogP contribution < -0.4 is 5.73 Å². The number of rotatable bonds is 10. The molecule has 3 atom stereocenters. The highest BCUT2D eigenvalue weighted by Gasteiger charge is 2.50. The minimum atomic E-state index is -0.620. The van der Waals surface area contributed by atoms with Gasteiger partial charge in [0.25, 0.3) is 5.91 Å². The molecular formula is C28H34ClFN3O2+. The Kier molecular flexibility index (Phi) is 8.69. The van der Waals surface area contributed by atoms with E-state index in [1.54, 1.807) is 6.07 Å². The molecule has 0 aliphatic carbocycles. The number of unbranched alkanes of at least 4 members (excludes halogenated alkanes) is 1. The van der Waals surface area contributed by atoms with E-state index in [-0.39, 0.29) is 34.3 Å². The second-order valence-corrected chi connectivity index (χ2v) is 10.3. The molecule has 0 spiro atoms. The van der Waals surface area contributed by atoms with Crippen LogP contribution in [0.4, 0.5) is 4.39 Å². The Morgan fingerprint density at radius 1 is 1.23 bits per heavy atom. The molecule has 1 unspecified atom stereocenters. The average molecular weight is 499 g/mol. The summed E-state index contributed by atoms with van der Waals surface area (Å²) in [6.07, 6.45) is 3.51. The summed E-state index contributed by atoms with van der Waals surface area (Å²) >= 11 is 5.97. The van der Waals surface area contributed by atoms with Crippen molar-refractivity contribution in [1.29, 1.82) is 5.26 Å². The lowest BCUT2D eigenvalue weighted by Crippen LogP contribution is -2.59. The van der Waals surface area contributed by atoms with Crippen LogP contribution in [0.3, 0.4) is 0 Å². The third kappa shape index (κ3) is 5.58. The number of amides is 2. The highest BCUT2D eigenvalue weighted by molar-refractivity contribution is 6.30. The molecule has 1 saturated heterocycles. The largest absolute Gasteiger partial charge is 0.364 e. The van der Waals surface area contributed by atoms with Crippen LogP contribution in [-0.2, 0) is 21.5 Å². The number of nitriles is 1. The Labute approximate surface area is 212 Å². The van der Waals surface area contributed by atoms with Gasteiger partial charge in [0.1, 0.15) is 12.4 Å². The van der Waals surface area contributed by atoms with Gasteiger partial charge in [-0.2, -0.15) is 5.26 Å². The smallest absolute Gasteiger partial charge is 0.314 e. The minimum absolute atomic E-state index is 0.00892. The number of quaternary nitrogens is 1. The Hall–Kier alpha value is -2.75. The van der Waals surface area contributed by atoms with Crippen molar-refractivity contribution in [3.63, 3.8) is 0 Å². The number of likely N-dealkylation sites (tertiary alicyclic amines) is 1. The van der Waals surface area contributed by atoms with E-state index in [9.17, 15) is 19.2 Å². The maximum atomic E-state index is 13.7. The number of carbonyl (C=O) groups is 2. The molecule has 1 aliphatic rings. The van der Waals surface area contributed by atoms with Crippen LogP contribution in [0.15, 0.2) is 48.5 Å². The van der Waals surface area contributed by atoms with E-state index in [1.165, 1.54) is 12.1 Å². The Morgan fingerprint density at radius 3 is 2.54 bits per heavy atom. The van der Waals surface area contributed by atoms with Crippen molar-refractivity contribution < 1.29 is 18.5 Å². The summed E-state index contributed by atoms with van der Waals surface area (Å²) in [6, 6.07) is 16.2. The van der Waals surface area contributed by atoms with Gasteiger partial charge in [0.05, 0.1) is 29.5 Å². The predicted molar refractivity (Wildman–Crippen MR) is 135 cm³/mol. The molecule has 2 N–H and O–H groups in total. The quantitative estimate of drug-likeness (QED) is 0.339. The zero-order chi connectivity index (χ0) is 25.6. The number of hydrogen-bond donors (Lipinski definition) is 1. The highest BCUT2D eigenvalue weighted by atomic mass is 35.5. The zero-order valence-electron chi connectivity index (χ0n) is 20.5. The fourth-order valence-corrected chi connectivity index (χ4v) is 5.75. The van der Waals surface area contributed by atoms with Gasteiger partial charge in [0.15, 0.2) is 6.04 Å². The van der Waals surface area contributed by atoms with E-state index in [4.69, 9.17) is 17.3 Å². The number of nitrogens with two attached hydrogens (primary N) is 1. The van der Waals surface area contributed by atoms with Gasteiger partial charge in [-0.05, 0) is 36.5 Å².